The molecule has 1 saturated heterocycles. The maximum atomic E-state index is 12.3. The van der Waals surface area contributed by atoms with E-state index < -0.39 is 0 Å². The molecule has 1 atom stereocenters. The Morgan fingerprint density at radius 1 is 1.15 bits per heavy atom. The maximum Gasteiger partial charge on any atom is 0.270 e. The number of carbonyl (C=O) groups is 1. The molecular formula is C16H19N3O. The molecule has 0 aliphatic carbocycles. The highest BCUT2D eigenvalue weighted by Gasteiger charge is 2.16. The van der Waals surface area contributed by atoms with Gasteiger partial charge in [-0.3, -0.25) is 4.79 Å². The molecule has 2 heterocycles. The van der Waals surface area contributed by atoms with Crippen LogP contribution in [0.25, 0.3) is 10.9 Å². The van der Waals surface area contributed by atoms with E-state index in [-0.39, 0.29) is 11.9 Å². The summed E-state index contributed by atoms with van der Waals surface area (Å²) in [5, 5.41) is 7.50. The highest BCUT2D eigenvalue weighted by Crippen LogP contribution is 2.12. The summed E-state index contributed by atoms with van der Waals surface area (Å²) in [6, 6.07) is 11.9. The van der Waals surface area contributed by atoms with Crippen LogP contribution in [0.3, 0.4) is 0 Å². The fourth-order valence-electron chi connectivity index (χ4n) is 2.62. The van der Waals surface area contributed by atoms with E-state index in [1.54, 1.807) is 6.07 Å². The number of nitrogens with one attached hydrogen (secondary N) is 2. The van der Waals surface area contributed by atoms with Crippen molar-refractivity contribution in [3.8, 4) is 0 Å². The van der Waals surface area contributed by atoms with E-state index in [1.165, 1.54) is 0 Å². The molecule has 20 heavy (non-hydrogen) atoms. The van der Waals surface area contributed by atoms with Gasteiger partial charge >= 0.3 is 0 Å². The number of hydrogen-bond donors (Lipinski definition) is 2. The van der Waals surface area contributed by atoms with Crippen LogP contribution in [0.5, 0.6) is 0 Å². The van der Waals surface area contributed by atoms with E-state index in [0.29, 0.717) is 5.69 Å². The lowest BCUT2D eigenvalue weighted by Crippen LogP contribution is -2.35. The van der Waals surface area contributed by atoms with Crippen molar-refractivity contribution in [3.63, 3.8) is 0 Å². The van der Waals surface area contributed by atoms with E-state index in [0.717, 1.165) is 43.3 Å². The Morgan fingerprint density at radius 2 is 2.05 bits per heavy atom. The molecule has 1 aliphatic rings. The largest absolute Gasteiger partial charge is 0.348 e. The summed E-state index contributed by atoms with van der Waals surface area (Å²) in [6.45, 7) is 2.01. The smallest absolute Gasteiger partial charge is 0.270 e. The molecule has 2 N–H and O–H groups in total. The average Bonchev–Trinajstić information content (AvgIpc) is 2.75. The minimum atomic E-state index is -0.0670. The SMILES string of the molecule is O=C(NC1CCCNCC1)c1ccc2ccccc2n1. The molecule has 0 radical (unpaired) electrons. The zero-order valence-electron chi connectivity index (χ0n) is 11.4. The van der Waals surface area contributed by atoms with Crippen LogP contribution in [0, 0.1) is 0 Å². The molecule has 1 amide bonds. The Labute approximate surface area is 118 Å². The van der Waals surface area contributed by atoms with Crippen LogP contribution in [-0.2, 0) is 0 Å². The number of hydrogen-bond acceptors (Lipinski definition) is 3. The molecule has 1 fully saturated rings. The number of rotatable bonds is 2. The topological polar surface area (TPSA) is 54.0 Å². The van der Waals surface area contributed by atoms with Gasteiger partial charge in [-0.25, -0.2) is 4.98 Å². The standard InChI is InChI=1S/C16H19N3O/c20-16(18-13-5-3-10-17-11-9-13)15-8-7-12-4-1-2-6-14(12)19-15/h1-2,4,6-8,13,17H,3,5,9-11H2,(H,18,20). The Kier molecular flexibility index (Phi) is 3.92. The first-order chi connectivity index (χ1) is 9.83. The van der Waals surface area contributed by atoms with Crippen LogP contribution in [0.4, 0.5) is 0 Å². The van der Waals surface area contributed by atoms with Crippen LogP contribution in [0.15, 0.2) is 36.4 Å². The fourth-order valence-corrected chi connectivity index (χ4v) is 2.62. The highest BCUT2D eigenvalue weighted by molar-refractivity contribution is 5.95. The Balaban J connectivity index is 1.74. The summed E-state index contributed by atoms with van der Waals surface area (Å²) in [4.78, 5) is 16.7. The van der Waals surface area contributed by atoms with E-state index in [1.807, 2.05) is 30.3 Å². The molecule has 1 aromatic carbocycles. The van der Waals surface area contributed by atoms with E-state index in [9.17, 15) is 4.79 Å². The third-order valence-electron chi connectivity index (χ3n) is 3.74. The fraction of sp³-hybridized carbons (Fsp3) is 0.375. The monoisotopic (exact) mass is 269 g/mol. The summed E-state index contributed by atoms with van der Waals surface area (Å²) < 4.78 is 0. The van der Waals surface area contributed by atoms with Crippen molar-refractivity contribution in [2.45, 2.75) is 25.3 Å². The number of amides is 1. The second-order valence-electron chi connectivity index (χ2n) is 5.24. The van der Waals surface area contributed by atoms with Gasteiger partial charge < -0.3 is 10.6 Å². The zero-order valence-corrected chi connectivity index (χ0v) is 11.4. The minimum absolute atomic E-state index is 0.0670. The number of carbonyl (C=O) groups excluding carboxylic acids is 1. The zero-order chi connectivity index (χ0) is 13.8. The molecule has 3 rings (SSSR count). The van der Waals surface area contributed by atoms with Crippen molar-refractivity contribution in [1.29, 1.82) is 0 Å². The van der Waals surface area contributed by atoms with Gasteiger partial charge in [0.15, 0.2) is 0 Å². The van der Waals surface area contributed by atoms with Crippen LogP contribution in [-0.4, -0.2) is 30.0 Å². The van der Waals surface area contributed by atoms with Crippen molar-refractivity contribution in [2.75, 3.05) is 13.1 Å². The third-order valence-corrected chi connectivity index (χ3v) is 3.74. The van der Waals surface area contributed by atoms with Crippen molar-refractivity contribution < 1.29 is 4.79 Å². The molecular weight excluding hydrogens is 250 g/mol. The molecule has 4 heteroatoms. The number of benzene rings is 1. The molecule has 4 nitrogen and oxygen atoms in total. The van der Waals surface area contributed by atoms with Gasteiger partial charge in [-0.1, -0.05) is 24.3 Å². The third kappa shape index (κ3) is 2.96. The van der Waals surface area contributed by atoms with Crippen LogP contribution >= 0.6 is 0 Å². The lowest BCUT2D eigenvalue weighted by molar-refractivity contribution is 0.0929. The second-order valence-corrected chi connectivity index (χ2v) is 5.24. The normalized spacial score (nSPS) is 19.5. The number of fused-ring (bicyclic) bond motifs is 1. The Hall–Kier alpha value is -1.94. The molecule has 1 unspecified atom stereocenters. The summed E-state index contributed by atoms with van der Waals surface area (Å²) >= 11 is 0. The van der Waals surface area contributed by atoms with E-state index in [4.69, 9.17) is 0 Å². The molecule has 0 bridgehead atoms. The molecule has 1 aliphatic heterocycles. The molecule has 0 spiro atoms. The molecule has 2 aromatic rings. The van der Waals surface area contributed by atoms with Gasteiger partial charge in [0.1, 0.15) is 5.69 Å². The lowest BCUT2D eigenvalue weighted by Gasteiger charge is -2.15. The summed E-state index contributed by atoms with van der Waals surface area (Å²) in [7, 11) is 0. The maximum absolute atomic E-state index is 12.3. The minimum Gasteiger partial charge on any atom is -0.348 e. The number of pyridine rings is 1. The van der Waals surface area contributed by atoms with Crippen LogP contribution in [0.2, 0.25) is 0 Å². The van der Waals surface area contributed by atoms with Crippen LogP contribution in [0.1, 0.15) is 29.8 Å². The van der Waals surface area contributed by atoms with E-state index >= 15 is 0 Å². The van der Waals surface area contributed by atoms with Gasteiger partial charge in [-0.05, 0) is 44.5 Å². The van der Waals surface area contributed by atoms with Crippen molar-refractivity contribution in [3.05, 3.63) is 42.1 Å². The number of nitrogens with zero attached hydrogens (tertiary/aromatic N) is 1. The number of aromatic nitrogens is 1. The van der Waals surface area contributed by atoms with Gasteiger partial charge in [-0.2, -0.15) is 0 Å². The summed E-state index contributed by atoms with van der Waals surface area (Å²) in [5.74, 6) is -0.0670. The van der Waals surface area contributed by atoms with Gasteiger partial charge in [0.2, 0.25) is 0 Å². The van der Waals surface area contributed by atoms with Crippen molar-refractivity contribution in [1.82, 2.24) is 15.6 Å². The van der Waals surface area contributed by atoms with Gasteiger partial charge in [0.25, 0.3) is 5.91 Å². The Bertz CT molecular complexity index is 603. The van der Waals surface area contributed by atoms with Gasteiger partial charge in [-0.15, -0.1) is 0 Å². The van der Waals surface area contributed by atoms with Crippen LogP contribution < -0.4 is 10.6 Å². The Morgan fingerprint density at radius 3 is 3.00 bits per heavy atom. The summed E-state index contributed by atoms with van der Waals surface area (Å²) in [5.41, 5.74) is 1.36. The van der Waals surface area contributed by atoms with Crippen molar-refractivity contribution in [2.24, 2.45) is 0 Å². The first-order valence-corrected chi connectivity index (χ1v) is 7.20. The second kappa shape index (κ2) is 6.01. The highest BCUT2D eigenvalue weighted by atomic mass is 16.1. The van der Waals surface area contributed by atoms with Crippen molar-refractivity contribution >= 4 is 16.8 Å². The predicted molar refractivity (Wildman–Crippen MR) is 79.7 cm³/mol. The van der Waals surface area contributed by atoms with Gasteiger partial charge in [0, 0.05) is 11.4 Å². The number of para-hydroxylation sites is 1. The quantitative estimate of drug-likeness (QED) is 0.878. The first-order valence-electron chi connectivity index (χ1n) is 7.20. The lowest BCUT2D eigenvalue weighted by atomic mass is 10.1. The predicted octanol–water partition coefficient (Wildman–Crippen LogP) is 2.11. The molecule has 1 aromatic heterocycles. The average molecular weight is 269 g/mol. The summed E-state index contributed by atoms with van der Waals surface area (Å²) in [6.07, 6.45) is 3.13. The van der Waals surface area contributed by atoms with E-state index in [2.05, 4.69) is 15.6 Å². The first kappa shape index (κ1) is 13.1. The molecule has 104 valence electrons. The molecule has 0 saturated carbocycles. The van der Waals surface area contributed by atoms with Gasteiger partial charge in [0.05, 0.1) is 5.52 Å².